The third kappa shape index (κ3) is 4.61. The number of hydrogen-bond acceptors (Lipinski definition) is 3. The number of hydrogen-bond donors (Lipinski definition) is 1. The highest BCUT2D eigenvalue weighted by molar-refractivity contribution is 5.92. The van der Waals surface area contributed by atoms with Gasteiger partial charge in [-0.1, -0.05) is 30.3 Å². The molecule has 0 radical (unpaired) electrons. The van der Waals surface area contributed by atoms with Gasteiger partial charge >= 0.3 is 0 Å². The summed E-state index contributed by atoms with van der Waals surface area (Å²) >= 11 is 0. The van der Waals surface area contributed by atoms with E-state index in [2.05, 4.69) is 5.32 Å². The van der Waals surface area contributed by atoms with Gasteiger partial charge in [-0.05, 0) is 30.7 Å². The van der Waals surface area contributed by atoms with Gasteiger partial charge in [0.05, 0.1) is 20.3 Å². The maximum Gasteiger partial charge on any atom is 0.244 e. The van der Waals surface area contributed by atoms with Gasteiger partial charge in [0, 0.05) is 17.7 Å². The van der Waals surface area contributed by atoms with Crippen molar-refractivity contribution in [2.45, 2.75) is 13.0 Å². The maximum absolute atomic E-state index is 12.1. The van der Waals surface area contributed by atoms with Crippen LogP contribution in [0.3, 0.4) is 0 Å². The lowest BCUT2D eigenvalue weighted by Crippen LogP contribution is -2.25. The van der Waals surface area contributed by atoms with E-state index < -0.39 is 0 Å². The first-order valence-corrected chi connectivity index (χ1v) is 7.39. The second-order valence-corrected chi connectivity index (χ2v) is 5.08. The Morgan fingerprint density at radius 2 is 1.83 bits per heavy atom. The fourth-order valence-corrected chi connectivity index (χ4v) is 2.25. The molecule has 0 fully saturated rings. The van der Waals surface area contributed by atoms with E-state index in [0.717, 1.165) is 11.1 Å². The zero-order valence-corrected chi connectivity index (χ0v) is 13.6. The minimum Gasteiger partial charge on any atom is -0.497 e. The Balaban J connectivity index is 2.05. The van der Waals surface area contributed by atoms with Crippen molar-refractivity contribution in [3.05, 3.63) is 65.7 Å². The van der Waals surface area contributed by atoms with E-state index in [0.29, 0.717) is 11.5 Å². The molecule has 0 heterocycles. The summed E-state index contributed by atoms with van der Waals surface area (Å²) in [6.07, 6.45) is 3.31. The zero-order chi connectivity index (χ0) is 16.7. The van der Waals surface area contributed by atoms with E-state index in [9.17, 15) is 4.79 Å². The number of carbonyl (C=O) groups excluding carboxylic acids is 1. The Bertz CT molecular complexity index is 680. The predicted molar refractivity (Wildman–Crippen MR) is 91.6 cm³/mol. The first kappa shape index (κ1) is 16.6. The Kier molecular flexibility index (Phi) is 5.80. The van der Waals surface area contributed by atoms with Crippen LogP contribution in [0, 0.1) is 0 Å². The van der Waals surface area contributed by atoms with Crippen LogP contribution in [0.5, 0.6) is 11.5 Å². The quantitative estimate of drug-likeness (QED) is 0.829. The van der Waals surface area contributed by atoms with Crippen LogP contribution >= 0.6 is 0 Å². The molecule has 2 rings (SSSR count). The Hall–Kier alpha value is -2.75. The average Bonchev–Trinajstić information content (AvgIpc) is 2.60. The average molecular weight is 311 g/mol. The van der Waals surface area contributed by atoms with Crippen LogP contribution < -0.4 is 14.8 Å². The van der Waals surface area contributed by atoms with E-state index in [-0.39, 0.29) is 11.9 Å². The minimum absolute atomic E-state index is 0.153. The van der Waals surface area contributed by atoms with Gasteiger partial charge in [-0.25, -0.2) is 0 Å². The maximum atomic E-state index is 12.1. The molecule has 1 amide bonds. The fraction of sp³-hybridized carbons (Fsp3) is 0.211. The Labute approximate surface area is 136 Å². The highest BCUT2D eigenvalue weighted by Gasteiger charge is 2.13. The lowest BCUT2D eigenvalue weighted by Gasteiger charge is -2.17. The highest BCUT2D eigenvalue weighted by atomic mass is 16.5. The van der Waals surface area contributed by atoms with Gasteiger partial charge in [0.1, 0.15) is 11.5 Å². The van der Waals surface area contributed by atoms with Crippen LogP contribution in [0.25, 0.3) is 6.08 Å². The molecule has 0 aliphatic rings. The van der Waals surface area contributed by atoms with Crippen LogP contribution in [-0.4, -0.2) is 20.1 Å². The SMILES string of the molecule is COc1ccc(C(C)NC(=O)/C=C/c2ccccc2)c(OC)c1. The number of ether oxygens (including phenoxy) is 2. The summed E-state index contributed by atoms with van der Waals surface area (Å²) < 4.78 is 10.6. The normalized spacial score (nSPS) is 12.0. The van der Waals surface area contributed by atoms with Crippen LogP contribution in [0.1, 0.15) is 24.1 Å². The molecular formula is C19H21NO3. The van der Waals surface area contributed by atoms with Gasteiger partial charge in [0.2, 0.25) is 5.91 Å². The molecule has 2 aromatic rings. The van der Waals surface area contributed by atoms with E-state index in [1.54, 1.807) is 26.4 Å². The van der Waals surface area contributed by atoms with Crippen molar-refractivity contribution in [2.75, 3.05) is 14.2 Å². The lowest BCUT2D eigenvalue weighted by atomic mass is 10.1. The van der Waals surface area contributed by atoms with E-state index >= 15 is 0 Å². The first-order chi connectivity index (χ1) is 11.1. The number of benzene rings is 2. The summed E-state index contributed by atoms with van der Waals surface area (Å²) in [4.78, 5) is 12.1. The Morgan fingerprint density at radius 3 is 2.48 bits per heavy atom. The molecule has 1 unspecified atom stereocenters. The molecule has 23 heavy (non-hydrogen) atoms. The van der Waals surface area contributed by atoms with E-state index in [4.69, 9.17) is 9.47 Å². The summed E-state index contributed by atoms with van der Waals surface area (Å²) in [5, 5.41) is 2.93. The molecule has 0 spiro atoms. The molecule has 4 heteroatoms. The van der Waals surface area contributed by atoms with Gasteiger partial charge in [0.25, 0.3) is 0 Å². The van der Waals surface area contributed by atoms with Crippen molar-refractivity contribution < 1.29 is 14.3 Å². The molecule has 0 aliphatic heterocycles. The molecular weight excluding hydrogens is 290 g/mol. The topological polar surface area (TPSA) is 47.6 Å². The van der Waals surface area contributed by atoms with E-state index in [1.165, 1.54) is 6.08 Å². The molecule has 0 aliphatic carbocycles. The lowest BCUT2D eigenvalue weighted by molar-refractivity contribution is -0.117. The van der Waals surface area contributed by atoms with Crippen molar-refractivity contribution in [3.8, 4) is 11.5 Å². The molecule has 1 N–H and O–H groups in total. The fourth-order valence-electron chi connectivity index (χ4n) is 2.25. The van der Waals surface area contributed by atoms with Gasteiger partial charge in [-0.15, -0.1) is 0 Å². The number of nitrogens with one attached hydrogen (secondary N) is 1. The van der Waals surface area contributed by atoms with Gasteiger partial charge in [0.15, 0.2) is 0 Å². The summed E-state index contributed by atoms with van der Waals surface area (Å²) in [5.41, 5.74) is 1.88. The van der Waals surface area contributed by atoms with Crippen molar-refractivity contribution in [2.24, 2.45) is 0 Å². The second-order valence-electron chi connectivity index (χ2n) is 5.08. The van der Waals surface area contributed by atoms with Crippen molar-refractivity contribution >= 4 is 12.0 Å². The molecule has 0 aromatic heterocycles. The van der Waals surface area contributed by atoms with Gasteiger partial charge in [-0.2, -0.15) is 0 Å². The van der Waals surface area contributed by atoms with Crippen LogP contribution in [0.15, 0.2) is 54.6 Å². The van der Waals surface area contributed by atoms with Crippen LogP contribution in [0.4, 0.5) is 0 Å². The molecule has 0 saturated carbocycles. The van der Waals surface area contributed by atoms with Gasteiger partial charge < -0.3 is 14.8 Å². The monoisotopic (exact) mass is 311 g/mol. The summed E-state index contributed by atoms with van der Waals surface area (Å²) in [6, 6.07) is 15.1. The summed E-state index contributed by atoms with van der Waals surface area (Å²) in [7, 11) is 3.20. The van der Waals surface area contributed by atoms with Crippen molar-refractivity contribution in [1.29, 1.82) is 0 Å². The third-order valence-electron chi connectivity index (χ3n) is 3.49. The van der Waals surface area contributed by atoms with E-state index in [1.807, 2.05) is 49.4 Å². The molecule has 2 aromatic carbocycles. The molecule has 1 atom stereocenters. The number of rotatable bonds is 6. The Morgan fingerprint density at radius 1 is 1.09 bits per heavy atom. The zero-order valence-electron chi connectivity index (χ0n) is 13.6. The highest BCUT2D eigenvalue weighted by Crippen LogP contribution is 2.29. The summed E-state index contributed by atoms with van der Waals surface area (Å²) in [6.45, 7) is 1.92. The third-order valence-corrected chi connectivity index (χ3v) is 3.49. The standard InChI is InChI=1S/C19H21NO3/c1-14(17-11-10-16(22-2)13-18(17)23-3)20-19(21)12-9-15-7-5-4-6-8-15/h4-14H,1-3H3,(H,20,21)/b12-9+. The predicted octanol–water partition coefficient (Wildman–Crippen LogP) is 3.59. The van der Waals surface area contributed by atoms with Crippen LogP contribution in [-0.2, 0) is 4.79 Å². The van der Waals surface area contributed by atoms with Gasteiger partial charge in [-0.3, -0.25) is 4.79 Å². The van der Waals surface area contributed by atoms with Crippen molar-refractivity contribution in [3.63, 3.8) is 0 Å². The smallest absolute Gasteiger partial charge is 0.244 e. The molecule has 0 saturated heterocycles. The number of methoxy groups -OCH3 is 2. The first-order valence-electron chi connectivity index (χ1n) is 7.39. The number of carbonyl (C=O) groups is 1. The molecule has 0 bridgehead atoms. The van der Waals surface area contributed by atoms with Crippen LogP contribution in [0.2, 0.25) is 0 Å². The summed E-state index contributed by atoms with van der Waals surface area (Å²) in [5.74, 6) is 1.25. The molecule has 4 nitrogen and oxygen atoms in total. The minimum atomic E-state index is -0.177. The largest absolute Gasteiger partial charge is 0.497 e. The number of amides is 1. The van der Waals surface area contributed by atoms with Crippen molar-refractivity contribution in [1.82, 2.24) is 5.32 Å². The molecule has 120 valence electrons. The second kappa shape index (κ2) is 8.03.